The number of carbonyl (C=O) groups excluding carboxylic acids is 1. The van der Waals surface area contributed by atoms with Crippen LogP contribution in [0.4, 0.5) is 0 Å². The Kier molecular flexibility index (Phi) is 5.51. The summed E-state index contributed by atoms with van der Waals surface area (Å²) in [4.78, 5) is 33.9. The molecule has 8 heteroatoms. The maximum Gasteiger partial charge on any atom is 0.341 e. The number of ether oxygens (including phenoxy) is 2. The molecule has 146 valence electrons. The van der Waals surface area contributed by atoms with Crippen molar-refractivity contribution in [2.24, 2.45) is 0 Å². The van der Waals surface area contributed by atoms with Crippen LogP contribution in [0, 0.1) is 13.8 Å². The van der Waals surface area contributed by atoms with Crippen molar-refractivity contribution in [3.8, 4) is 11.5 Å². The molecule has 0 amide bonds. The van der Waals surface area contributed by atoms with Gasteiger partial charge in [-0.2, -0.15) is 0 Å². The van der Waals surface area contributed by atoms with Gasteiger partial charge in [0.1, 0.15) is 16.2 Å². The number of H-pyrrole nitrogens is 1. The number of aromatic amines is 1. The number of aromatic hydroxyl groups is 1. The van der Waals surface area contributed by atoms with E-state index in [4.69, 9.17) is 9.47 Å². The number of nitrogens with one attached hydrogen (secondary N) is 1. The summed E-state index contributed by atoms with van der Waals surface area (Å²) in [5.74, 6) is -0.237. The monoisotopic (exact) mass is 400 g/mol. The number of phenols is 1. The second-order valence-corrected chi connectivity index (χ2v) is 7.29. The van der Waals surface area contributed by atoms with E-state index < -0.39 is 5.97 Å². The van der Waals surface area contributed by atoms with E-state index in [0.29, 0.717) is 15.8 Å². The molecule has 0 aliphatic heterocycles. The van der Waals surface area contributed by atoms with Crippen LogP contribution in [0.1, 0.15) is 28.8 Å². The lowest BCUT2D eigenvalue weighted by Crippen LogP contribution is -2.15. The first-order valence-electron chi connectivity index (χ1n) is 8.61. The third-order valence-electron chi connectivity index (χ3n) is 4.30. The van der Waals surface area contributed by atoms with E-state index in [-0.39, 0.29) is 35.1 Å². The second kappa shape index (κ2) is 7.85. The van der Waals surface area contributed by atoms with Crippen molar-refractivity contribution < 1.29 is 19.4 Å². The van der Waals surface area contributed by atoms with Gasteiger partial charge in [-0.25, -0.2) is 9.78 Å². The highest BCUT2D eigenvalue weighted by Gasteiger charge is 2.20. The number of phenolic OH excluding ortho intramolecular Hbond substituents is 1. The van der Waals surface area contributed by atoms with Gasteiger partial charge in [0, 0.05) is 4.88 Å². The Labute approximate surface area is 165 Å². The van der Waals surface area contributed by atoms with E-state index in [1.165, 1.54) is 30.6 Å². The molecular formula is C20H20N2O5S. The highest BCUT2D eigenvalue weighted by molar-refractivity contribution is 7.18. The van der Waals surface area contributed by atoms with Crippen LogP contribution < -0.4 is 10.3 Å². The molecule has 0 radical (unpaired) electrons. The Hall–Kier alpha value is -3.13. The molecule has 2 aromatic heterocycles. The summed E-state index contributed by atoms with van der Waals surface area (Å²) in [6, 6.07) is 4.65. The molecule has 0 saturated heterocycles. The van der Waals surface area contributed by atoms with E-state index in [1.807, 2.05) is 13.8 Å². The summed E-state index contributed by atoms with van der Waals surface area (Å²) >= 11 is 1.40. The van der Waals surface area contributed by atoms with Crippen LogP contribution in [0.3, 0.4) is 0 Å². The van der Waals surface area contributed by atoms with E-state index in [0.717, 1.165) is 10.4 Å². The third-order valence-corrected chi connectivity index (χ3v) is 5.41. The predicted octanol–water partition coefficient (Wildman–Crippen LogP) is 3.42. The minimum atomic E-state index is -0.609. The fraction of sp³-hybridized carbons (Fsp3) is 0.250. The molecule has 2 N–H and O–H groups in total. The fourth-order valence-corrected chi connectivity index (χ4v) is 3.80. The van der Waals surface area contributed by atoms with E-state index in [2.05, 4.69) is 9.97 Å². The third kappa shape index (κ3) is 3.63. The molecule has 0 atom stereocenters. The SMILES string of the molecule is CCOC(=O)/C(=C\c1ccc(O)c(OC)c1)c1nc2sc(C)c(C)c2c(=O)[nH]1. The number of fused-ring (bicyclic) bond motifs is 1. The number of aryl methyl sites for hydroxylation is 2. The summed E-state index contributed by atoms with van der Waals surface area (Å²) in [7, 11) is 1.43. The first-order valence-corrected chi connectivity index (χ1v) is 9.43. The number of benzene rings is 1. The Morgan fingerprint density at radius 3 is 2.79 bits per heavy atom. The second-order valence-electron chi connectivity index (χ2n) is 6.09. The number of carbonyl (C=O) groups is 1. The summed E-state index contributed by atoms with van der Waals surface area (Å²) in [6.45, 7) is 5.67. The maximum absolute atomic E-state index is 12.6. The zero-order chi connectivity index (χ0) is 20.4. The Bertz CT molecular complexity index is 1140. The standard InChI is InChI=1S/C20H20N2O5S/c1-5-27-20(25)13(8-12-6-7-14(23)15(9-12)26-4)17-21-18(24)16-10(2)11(3)28-19(16)22-17/h6-9,23H,5H2,1-4H3,(H,21,22,24)/b13-8-. The number of nitrogens with zero attached hydrogens (tertiary/aromatic N) is 1. The Morgan fingerprint density at radius 2 is 2.11 bits per heavy atom. The van der Waals surface area contributed by atoms with Crippen LogP contribution in [-0.4, -0.2) is 34.8 Å². The summed E-state index contributed by atoms with van der Waals surface area (Å²) < 4.78 is 10.3. The van der Waals surface area contributed by atoms with Crippen molar-refractivity contribution in [1.82, 2.24) is 9.97 Å². The summed E-state index contributed by atoms with van der Waals surface area (Å²) in [6.07, 6.45) is 1.54. The van der Waals surface area contributed by atoms with Gasteiger partial charge in [-0.05, 0) is 50.1 Å². The van der Waals surface area contributed by atoms with Gasteiger partial charge in [-0.1, -0.05) is 6.07 Å². The number of esters is 1. The van der Waals surface area contributed by atoms with Gasteiger partial charge in [0.15, 0.2) is 11.5 Å². The molecule has 2 heterocycles. The summed E-state index contributed by atoms with van der Waals surface area (Å²) in [5, 5.41) is 10.3. The molecule has 28 heavy (non-hydrogen) atoms. The maximum atomic E-state index is 12.6. The van der Waals surface area contributed by atoms with Gasteiger partial charge < -0.3 is 19.6 Å². The number of methoxy groups -OCH3 is 1. The van der Waals surface area contributed by atoms with Crippen LogP contribution in [-0.2, 0) is 9.53 Å². The normalized spacial score (nSPS) is 11.6. The molecule has 0 spiro atoms. The molecule has 0 fully saturated rings. The highest BCUT2D eigenvalue weighted by atomic mass is 32.1. The Morgan fingerprint density at radius 1 is 1.36 bits per heavy atom. The van der Waals surface area contributed by atoms with E-state index in [1.54, 1.807) is 19.1 Å². The molecule has 0 saturated carbocycles. The molecule has 3 rings (SSSR count). The number of rotatable bonds is 5. The molecule has 0 bridgehead atoms. The molecule has 0 aliphatic carbocycles. The van der Waals surface area contributed by atoms with E-state index in [9.17, 15) is 14.7 Å². The fourth-order valence-electron chi connectivity index (χ4n) is 2.77. The van der Waals surface area contributed by atoms with Crippen molar-refractivity contribution in [3.05, 3.63) is 50.4 Å². The van der Waals surface area contributed by atoms with Crippen LogP contribution in [0.15, 0.2) is 23.0 Å². The van der Waals surface area contributed by atoms with Crippen molar-refractivity contribution >= 4 is 39.2 Å². The van der Waals surface area contributed by atoms with Crippen LogP contribution in [0.2, 0.25) is 0 Å². The first-order chi connectivity index (χ1) is 13.3. The lowest BCUT2D eigenvalue weighted by atomic mass is 10.1. The molecule has 0 unspecified atom stereocenters. The zero-order valence-corrected chi connectivity index (χ0v) is 16.8. The average molecular weight is 400 g/mol. The van der Waals surface area contributed by atoms with Gasteiger partial charge in [-0.3, -0.25) is 4.79 Å². The van der Waals surface area contributed by atoms with Gasteiger partial charge in [0.05, 0.1) is 19.1 Å². The quantitative estimate of drug-likeness (QED) is 0.503. The highest BCUT2D eigenvalue weighted by Crippen LogP contribution is 2.30. The van der Waals surface area contributed by atoms with Crippen LogP contribution in [0.25, 0.3) is 21.9 Å². The van der Waals surface area contributed by atoms with E-state index >= 15 is 0 Å². The molecular weight excluding hydrogens is 380 g/mol. The molecule has 7 nitrogen and oxygen atoms in total. The predicted molar refractivity (Wildman–Crippen MR) is 109 cm³/mol. The van der Waals surface area contributed by atoms with Crippen molar-refractivity contribution in [2.45, 2.75) is 20.8 Å². The van der Waals surface area contributed by atoms with Crippen LogP contribution in [0.5, 0.6) is 11.5 Å². The minimum absolute atomic E-state index is 0.0187. The van der Waals surface area contributed by atoms with Gasteiger partial charge >= 0.3 is 5.97 Å². The first kappa shape index (κ1) is 19.6. The minimum Gasteiger partial charge on any atom is -0.504 e. The molecule has 1 aromatic carbocycles. The van der Waals surface area contributed by atoms with Gasteiger partial charge in [0.2, 0.25) is 0 Å². The average Bonchev–Trinajstić information content (AvgIpc) is 2.95. The van der Waals surface area contributed by atoms with Crippen molar-refractivity contribution in [3.63, 3.8) is 0 Å². The molecule has 0 aliphatic rings. The largest absolute Gasteiger partial charge is 0.504 e. The number of thiophene rings is 1. The van der Waals surface area contributed by atoms with Crippen LogP contribution >= 0.6 is 11.3 Å². The number of hydrogen-bond donors (Lipinski definition) is 2. The topological polar surface area (TPSA) is 102 Å². The number of hydrogen-bond acceptors (Lipinski definition) is 7. The van der Waals surface area contributed by atoms with Crippen molar-refractivity contribution in [1.29, 1.82) is 0 Å². The van der Waals surface area contributed by atoms with Crippen molar-refractivity contribution in [2.75, 3.05) is 13.7 Å². The zero-order valence-electron chi connectivity index (χ0n) is 16.0. The lowest BCUT2D eigenvalue weighted by molar-refractivity contribution is -0.136. The lowest BCUT2D eigenvalue weighted by Gasteiger charge is -2.08. The number of aromatic nitrogens is 2. The molecule has 3 aromatic rings. The smallest absolute Gasteiger partial charge is 0.341 e. The Balaban J connectivity index is 2.20. The van der Waals surface area contributed by atoms with Gasteiger partial charge in [0.25, 0.3) is 5.56 Å². The summed E-state index contributed by atoms with van der Waals surface area (Å²) in [5.41, 5.74) is 1.27. The van der Waals surface area contributed by atoms with Gasteiger partial charge in [-0.15, -0.1) is 11.3 Å².